The maximum Gasteiger partial charge on any atom is 0.0562 e. The van der Waals surface area contributed by atoms with E-state index >= 15 is 0 Å². The summed E-state index contributed by atoms with van der Waals surface area (Å²) in [5.41, 5.74) is 1.06. The summed E-state index contributed by atoms with van der Waals surface area (Å²) < 4.78 is 0. The van der Waals surface area contributed by atoms with Crippen LogP contribution in [0.2, 0.25) is 0 Å². The highest BCUT2D eigenvalue weighted by Crippen LogP contribution is 2.10. The zero-order valence-corrected chi connectivity index (χ0v) is 8.17. The van der Waals surface area contributed by atoms with E-state index in [0.29, 0.717) is 5.92 Å². The van der Waals surface area contributed by atoms with Gasteiger partial charge in [0.25, 0.3) is 0 Å². The summed E-state index contributed by atoms with van der Waals surface area (Å²) in [4.78, 5) is 4.23. The predicted octanol–water partition coefficient (Wildman–Crippen LogP) is 2.35. The second-order valence-corrected chi connectivity index (χ2v) is 3.04. The molecule has 12 heavy (non-hydrogen) atoms. The molecule has 0 aliphatic carbocycles. The van der Waals surface area contributed by atoms with Crippen LogP contribution < -0.4 is 5.32 Å². The Morgan fingerprint density at radius 3 is 2.67 bits per heavy atom. The predicted molar refractivity (Wildman–Crippen MR) is 55.3 cm³/mol. The first-order valence-corrected chi connectivity index (χ1v) is 4.22. The molecule has 2 heteroatoms. The molecule has 68 valence electrons. The molecule has 0 bridgehead atoms. The minimum atomic E-state index is 0.631. The van der Waals surface area contributed by atoms with E-state index in [2.05, 4.69) is 30.7 Å². The van der Waals surface area contributed by atoms with Crippen LogP contribution in [0.25, 0.3) is 0 Å². The summed E-state index contributed by atoms with van der Waals surface area (Å²) in [5, 5.41) is 2.97. The molecule has 0 spiro atoms. The molecule has 0 rings (SSSR count). The second kappa shape index (κ2) is 6.65. The summed E-state index contributed by atoms with van der Waals surface area (Å²) in [5.74, 6) is 0.631. The van der Waals surface area contributed by atoms with Crippen LogP contribution in [0.3, 0.4) is 0 Å². The van der Waals surface area contributed by atoms with Gasteiger partial charge in [-0.1, -0.05) is 26.5 Å². The van der Waals surface area contributed by atoms with E-state index in [0.717, 1.165) is 12.1 Å². The third-order valence-electron chi connectivity index (χ3n) is 1.27. The highest BCUT2D eigenvalue weighted by Gasteiger charge is 1.97. The molecule has 0 aromatic heterocycles. The number of hydrogen-bond acceptors (Lipinski definition) is 2. The molecular formula is C10H18N2. The Balaban J connectivity index is 4.13. The minimum Gasteiger partial charge on any atom is -0.393 e. The molecular weight excluding hydrogens is 148 g/mol. The van der Waals surface area contributed by atoms with Crippen LogP contribution >= 0.6 is 0 Å². The van der Waals surface area contributed by atoms with Crippen LogP contribution in [-0.2, 0) is 0 Å². The van der Waals surface area contributed by atoms with Gasteiger partial charge in [0.15, 0.2) is 0 Å². The molecule has 0 aromatic rings. The van der Waals surface area contributed by atoms with Gasteiger partial charge in [0.2, 0.25) is 0 Å². The molecule has 0 fully saturated rings. The van der Waals surface area contributed by atoms with Crippen molar-refractivity contribution in [2.75, 3.05) is 7.05 Å². The quantitative estimate of drug-likeness (QED) is 0.623. The van der Waals surface area contributed by atoms with Crippen molar-refractivity contribution in [1.82, 2.24) is 5.32 Å². The molecule has 0 amide bonds. The Kier molecular flexibility index (Phi) is 6.07. The largest absolute Gasteiger partial charge is 0.393 e. The van der Waals surface area contributed by atoms with Crippen molar-refractivity contribution in [2.24, 2.45) is 10.9 Å². The first kappa shape index (κ1) is 11.0. The number of nitrogens with zero attached hydrogens (tertiary/aromatic N) is 1. The summed E-state index contributed by atoms with van der Waals surface area (Å²) in [6.45, 7) is 7.92. The third kappa shape index (κ3) is 5.71. The van der Waals surface area contributed by atoms with Crippen LogP contribution in [-0.4, -0.2) is 13.3 Å². The van der Waals surface area contributed by atoms with Gasteiger partial charge in [-0.3, -0.25) is 4.99 Å². The van der Waals surface area contributed by atoms with Crippen molar-refractivity contribution in [3.8, 4) is 0 Å². The number of allylic oxidation sites excluding steroid dienone is 2. The van der Waals surface area contributed by atoms with E-state index in [4.69, 9.17) is 0 Å². The lowest BCUT2D eigenvalue weighted by molar-refractivity contribution is 0.636. The maximum absolute atomic E-state index is 4.23. The Labute approximate surface area is 75.1 Å². The first-order chi connectivity index (χ1) is 5.70. The molecule has 0 unspecified atom stereocenters. The highest BCUT2D eigenvalue weighted by atomic mass is 14.8. The van der Waals surface area contributed by atoms with Gasteiger partial charge in [0, 0.05) is 19.5 Å². The van der Waals surface area contributed by atoms with Crippen molar-refractivity contribution < 1.29 is 0 Å². The van der Waals surface area contributed by atoms with Gasteiger partial charge in [-0.2, -0.15) is 0 Å². The third-order valence-corrected chi connectivity index (χ3v) is 1.27. The topological polar surface area (TPSA) is 24.4 Å². The molecule has 0 heterocycles. The van der Waals surface area contributed by atoms with Crippen molar-refractivity contribution in [3.63, 3.8) is 0 Å². The van der Waals surface area contributed by atoms with E-state index in [1.807, 2.05) is 13.2 Å². The fraction of sp³-hybridized carbons (Fsp3) is 0.500. The standard InChI is InChI=1S/C10H18N2/c1-5-6-12-10(8-11-4)7-9(2)3/h5-6,8-9,11H,1,7H2,2-4H3/b10-8-,12-6-. The van der Waals surface area contributed by atoms with E-state index in [9.17, 15) is 0 Å². The zero-order chi connectivity index (χ0) is 9.40. The van der Waals surface area contributed by atoms with Gasteiger partial charge in [-0.05, 0) is 12.3 Å². The van der Waals surface area contributed by atoms with Gasteiger partial charge in [-0.25, -0.2) is 0 Å². The highest BCUT2D eigenvalue weighted by molar-refractivity contribution is 5.71. The monoisotopic (exact) mass is 166 g/mol. The Morgan fingerprint density at radius 2 is 2.25 bits per heavy atom. The normalized spacial score (nSPS) is 12.5. The Hall–Kier alpha value is -1.05. The molecule has 0 saturated carbocycles. The number of nitrogens with one attached hydrogen (secondary N) is 1. The van der Waals surface area contributed by atoms with E-state index in [1.165, 1.54) is 0 Å². The molecule has 0 atom stereocenters. The minimum absolute atomic E-state index is 0.631. The molecule has 1 N–H and O–H groups in total. The summed E-state index contributed by atoms with van der Waals surface area (Å²) in [6.07, 6.45) is 6.31. The molecule has 0 radical (unpaired) electrons. The fourth-order valence-corrected chi connectivity index (χ4v) is 0.882. The lowest BCUT2D eigenvalue weighted by Crippen LogP contribution is -1.98. The van der Waals surface area contributed by atoms with Crippen molar-refractivity contribution >= 4 is 6.21 Å². The maximum atomic E-state index is 4.23. The van der Waals surface area contributed by atoms with Crippen LogP contribution in [0, 0.1) is 5.92 Å². The van der Waals surface area contributed by atoms with Gasteiger partial charge in [0.05, 0.1) is 5.70 Å². The van der Waals surface area contributed by atoms with E-state index in [-0.39, 0.29) is 0 Å². The van der Waals surface area contributed by atoms with Gasteiger partial charge >= 0.3 is 0 Å². The molecule has 0 aromatic carbocycles. The molecule has 0 aliphatic heterocycles. The lowest BCUT2D eigenvalue weighted by atomic mass is 10.1. The Bertz CT molecular complexity index is 178. The van der Waals surface area contributed by atoms with Crippen LogP contribution in [0.1, 0.15) is 20.3 Å². The van der Waals surface area contributed by atoms with Crippen molar-refractivity contribution in [3.05, 3.63) is 24.6 Å². The molecule has 0 aliphatic rings. The SMILES string of the molecule is C=C/C=N\C(=C/NC)CC(C)C. The summed E-state index contributed by atoms with van der Waals surface area (Å²) in [7, 11) is 1.88. The average Bonchev–Trinajstić information content (AvgIpc) is 2.00. The number of rotatable bonds is 5. The van der Waals surface area contributed by atoms with E-state index in [1.54, 1.807) is 12.3 Å². The van der Waals surface area contributed by atoms with Gasteiger partial charge < -0.3 is 5.32 Å². The van der Waals surface area contributed by atoms with E-state index < -0.39 is 0 Å². The zero-order valence-electron chi connectivity index (χ0n) is 8.17. The van der Waals surface area contributed by atoms with Gasteiger partial charge in [0.1, 0.15) is 0 Å². The molecule has 0 saturated heterocycles. The van der Waals surface area contributed by atoms with Crippen LogP contribution in [0.5, 0.6) is 0 Å². The molecule has 2 nitrogen and oxygen atoms in total. The van der Waals surface area contributed by atoms with Crippen molar-refractivity contribution in [2.45, 2.75) is 20.3 Å². The van der Waals surface area contributed by atoms with Gasteiger partial charge in [-0.15, -0.1) is 0 Å². The van der Waals surface area contributed by atoms with Crippen LogP contribution in [0.4, 0.5) is 0 Å². The summed E-state index contributed by atoms with van der Waals surface area (Å²) >= 11 is 0. The number of hydrogen-bond donors (Lipinski definition) is 1. The smallest absolute Gasteiger partial charge is 0.0562 e. The fourth-order valence-electron chi connectivity index (χ4n) is 0.882. The van der Waals surface area contributed by atoms with Crippen molar-refractivity contribution in [1.29, 1.82) is 0 Å². The first-order valence-electron chi connectivity index (χ1n) is 4.22. The van der Waals surface area contributed by atoms with Crippen LogP contribution in [0.15, 0.2) is 29.5 Å². The lowest BCUT2D eigenvalue weighted by Gasteiger charge is -2.04. The number of aliphatic imine (C=N–C) groups is 1. The second-order valence-electron chi connectivity index (χ2n) is 3.04. The average molecular weight is 166 g/mol. The summed E-state index contributed by atoms with van der Waals surface area (Å²) in [6, 6.07) is 0. The Morgan fingerprint density at radius 1 is 1.58 bits per heavy atom.